The van der Waals surface area contributed by atoms with Crippen LogP contribution in [0, 0.1) is 5.92 Å². The Morgan fingerprint density at radius 1 is 1.25 bits per heavy atom. The molecular formula is C10H17NS. The summed E-state index contributed by atoms with van der Waals surface area (Å²) < 4.78 is 0. The smallest absolute Gasteiger partial charge is 0.0173 e. The zero-order valence-corrected chi connectivity index (χ0v) is 8.35. The lowest BCUT2D eigenvalue weighted by Crippen LogP contribution is -2.11. The number of nitrogens with zero attached hydrogens (tertiary/aromatic N) is 1. The standard InChI is InChI=1S/C10H17NS/c1-2-6-11(5-1)7-3-10-4-8-12-9-10/h3,7,10H,1-2,4-6,8-9H2/b7-3-. The van der Waals surface area contributed by atoms with Crippen molar-refractivity contribution in [3.05, 3.63) is 12.3 Å². The van der Waals surface area contributed by atoms with Crippen molar-refractivity contribution in [1.29, 1.82) is 0 Å². The van der Waals surface area contributed by atoms with Crippen LogP contribution in [0.2, 0.25) is 0 Å². The monoisotopic (exact) mass is 183 g/mol. The third-order valence-corrected chi connectivity index (χ3v) is 3.86. The summed E-state index contributed by atoms with van der Waals surface area (Å²) in [5, 5.41) is 0. The van der Waals surface area contributed by atoms with Gasteiger partial charge in [0.1, 0.15) is 0 Å². The van der Waals surface area contributed by atoms with Gasteiger partial charge in [0.25, 0.3) is 0 Å². The molecule has 0 N–H and O–H groups in total. The number of thioether (sulfide) groups is 1. The molecule has 0 spiro atoms. The van der Waals surface area contributed by atoms with Crippen LogP contribution in [0.3, 0.4) is 0 Å². The summed E-state index contributed by atoms with van der Waals surface area (Å²) in [4.78, 5) is 2.46. The summed E-state index contributed by atoms with van der Waals surface area (Å²) in [6, 6.07) is 0. The van der Waals surface area contributed by atoms with Gasteiger partial charge in [0, 0.05) is 13.1 Å². The highest BCUT2D eigenvalue weighted by Gasteiger charge is 2.13. The van der Waals surface area contributed by atoms with Crippen LogP contribution in [-0.2, 0) is 0 Å². The Kier molecular flexibility index (Phi) is 2.98. The van der Waals surface area contributed by atoms with Crippen molar-refractivity contribution in [2.75, 3.05) is 24.6 Å². The van der Waals surface area contributed by atoms with Crippen molar-refractivity contribution in [2.24, 2.45) is 5.92 Å². The molecule has 0 saturated carbocycles. The first-order chi connectivity index (χ1) is 5.95. The molecule has 0 aliphatic carbocycles. The van der Waals surface area contributed by atoms with Crippen LogP contribution in [0.15, 0.2) is 12.3 Å². The predicted molar refractivity (Wildman–Crippen MR) is 55.4 cm³/mol. The maximum Gasteiger partial charge on any atom is 0.0173 e. The van der Waals surface area contributed by atoms with E-state index in [-0.39, 0.29) is 0 Å². The van der Waals surface area contributed by atoms with E-state index in [1.54, 1.807) is 0 Å². The van der Waals surface area contributed by atoms with E-state index in [9.17, 15) is 0 Å². The number of likely N-dealkylation sites (tertiary alicyclic amines) is 1. The van der Waals surface area contributed by atoms with Crippen LogP contribution >= 0.6 is 11.8 Å². The zero-order valence-electron chi connectivity index (χ0n) is 7.54. The molecule has 2 saturated heterocycles. The van der Waals surface area contributed by atoms with Crippen molar-refractivity contribution in [3.8, 4) is 0 Å². The molecular weight excluding hydrogens is 166 g/mol. The summed E-state index contributed by atoms with van der Waals surface area (Å²) in [5.41, 5.74) is 0. The van der Waals surface area contributed by atoms with Crippen molar-refractivity contribution in [1.82, 2.24) is 4.90 Å². The highest BCUT2D eigenvalue weighted by atomic mass is 32.2. The summed E-state index contributed by atoms with van der Waals surface area (Å²) in [6.45, 7) is 2.58. The zero-order chi connectivity index (χ0) is 8.23. The fraction of sp³-hybridized carbons (Fsp3) is 0.800. The third kappa shape index (κ3) is 2.19. The summed E-state index contributed by atoms with van der Waals surface area (Å²) in [5.74, 6) is 3.59. The first-order valence-corrected chi connectivity index (χ1v) is 6.11. The van der Waals surface area contributed by atoms with E-state index in [0.717, 1.165) is 5.92 Å². The number of rotatable bonds is 2. The van der Waals surface area contributed by atoms with Gasteiger partial charge < -0.3 is 4.90 Å². The van der Waals surface area contributed by atoms with E-state index in [2.05, 4.69) is 28.9 Å². The van der Waals surface area contributed by atoms with E-state index in [0.29, 0.717) is 0 Å². The van der Waals surface area contributed by atoms with Crippen LogP contribution in [-0.4, -0.2) is 29.5 Å². The molecule has 0 aromatic rings. The van der Waals surface area contributed by atoms with Gasteiger partial charge in [0.2, 0.25) is 0 Å². The minimum atomic E-state index is 0.871. The lowest BCUT2D eigenvalue weighted by atomic mass is 10.1. The molecule has 2 aliphatic rings. The van der Waals surface area contributed by atoms with Gasteiger partial charge in [-0.2, -0.15) is 11.8 Å². The molecule has 2 fully saturated rings. The average Bonchev–Trinajstić information content (AvgIpc) is 2.74. The van der Waals surface area contributed by atoms with Gasteiger partial charge in [0.05, 0.1) is 0 Å². The molecule has 0 aromatic carbocycles. The molecule has 1 atom stereocenters. The molecule has 1 unspecified atom stereocenters. The van der Waals surface area contributed by atoms with E-state index < -0.39 is 0 Å². The minimum Gasteiger partial charge on any atom is -0.378 e. The van der Waals surface area contributed by atoms with Gasteiger partial charge in [-0.3, -0.25) is 0 Å². The molecule has 1 nitrogen and oxygen atoms in total. The normalized spacial score (nSPS) is 30.7. The molecule has 68 valence electrons. The van der Waals surface area contributed by atoms with Crippen molar-refractivity contribution in [3.63, 3.8) is 0 Å². The molecule has 0 radical (unpaired) electrons. The molecule has 2 aliphatic heterocycles. The fourth-order valence-electron chi connectivity index (χ4n) is 1.84. The number of hydrogen-bond acceptors (Lipinski definition) is 2. The topological polar surface area (TPSA) is 3.24 Å². The van der Waals surface area contributed by atoms with Crippen molar-refractivity contribution < 1.29 is 0 Å². The largest absolute Gasteiger partial charge is 0.378 e. The van der Waals surface area contributed by atoms with Crippen LogP contribution in [0.1, 0.15) is 19.3 Å². The first-order valence-electron chi connectivity index (χ1n) is 4.95. The lowest BCUT2D eigenvalue weighted by molar-refractivity contribution is 0.463. The SMILES string of the molecule is C(=C/N1CCCC1)/C1CCSC1. The van der Waals surface area contributed by atoms with Crippen LogP contribution in [0.5, 0.6) is 0 Å². The van der Waals surface area contributed by atoms with Crippen molar-refractivity contribution >= 4 is 11.8 Å². The van der Waals surface area contributed by atoms with Gasteiger partial charge in [-0.05, 0) is 42.9 Å². The Labute approximate surface area is 79.2 Å². The molecule has 2 heterocycles. The molecule has 0 bridgehead atoms. The molecule has 2 rings (SSSR count). The second-order valence-electron chi connectivity index (χ2n) is 3.71. The van der Waals surface area contributed by atoms with Gasteiger partial charge in [0.15, 0.2) is 0 Å². The second kappa shape index (κ2) is 4.22. The minimum absolute atomic E-state index is 0.871. The Balaban J connectivity index is 1.75. The number of allylic oxidation sites excluding steroid dienone is 1. The van der Waals surface area contributed by atoms with Gasteiger partial charge >= 0.3 is 0 Å². The predicted octanol–water partition coefficient (Wildman–Crippen LogP) is 2.35. The summed E-state index contributed by atoms with van der Waals surface area (Å²) in [7, 11) is 0. The Morgan fingerprint density at radius 3 is 2.75 bits per heavy atom. The average molecular weight is 183 g/mol. The van der Waals surface area contributed by atoms with Gasteiger partial charge in [-0.25, -0.2) is 0 Å². The Hall–Kier alpha value is -0.110. The molecule has 0 amide bonds. The van der Waals surface area contributed by atoms with Crippen LogP contribution < -0.4 is 0 Å². The van der Waals surface area contributed by atoms with Crippen molar-refractivity contribution in [2.45, 2.75) is 19.3 Å². The molecule has 2 heteroatoms. The maximum atomic E-state index is 2.46. The second-order valence-corrected chi connectivity index (χ2v) is 4.86. The van der Waals surface area contributed by atoms with Crippen LogP contribution in [0.4, 0.5) is 0 Å². The van der Waals surface area contributed by atoms with Crippen LogP contribution in [0.25, 0.3) is 0 Å². The third-order valence-electron chi connectivity index (χ3n) is 2.67. The highest BCUT2D eigenvalue weighted by molar-refractivity contribution is 7.99. The lowest BCUT2D eigenvalue weighted by Gasteiger charge is -2.11. The molecule has 12 heavy (non-hydrogen) atoms. The fourth-order valence-corrected chi connectivity index (χ4v) is 3.06. The van der Waals surface area contributed by atoms with E-state index in [1.807, 2.05) is 0 Å². The van der Waals surface area contributed by atoms with E-state index in [1.165, 1.54) is 43.9 Å². The Morgan fingerprint density at radius 2 is 2.08 bits per heavy atom. The Bertz CT molecular complexity index is 137. The molecule has 0 aromatic heterocycles. The highest BCUT2D eigenvalue weighted by Crippen LogP contribution is 2.24. The summed E-state index contributed by atoms with van der Waals surface area (Å²) >= 11 is 2.09. The van der Waals surface area contributed by atoms with Gasteiger partial charge in [-0.1, -0.05) is 6.08 Å². The van der Waals surface area contributed by atoms with E-state index in [4.69, 9.17) is 0 Å². The maximum absolute atomic E-state index is 2.46. The van der Waals surface area contributed by atoms with E-state index >= 15 is 0 Å². The van der Waals surface area contributed by atoms with Gasteiger partial charge in [-0.15, -0.1) is 0 Å². The number of hydrogen-bond donors (Lipinski definition) is 0. The quantitative estimate of drug-likeness (QED) is 0.646. The summed E-state index contributed by atoms with van der Waals surface area (Å²) in [6.07, 6.45) is 8.94. The first kappa shape index (κ1) is 8.49.